The molecule has 5 nitrogen and oxygen atoms in total. The van der Waals surface area contributed by atoms with Gasteiger partial charge in [0.05, 0.1) is 0 Å². The van der Waals surface area contributed by atoms with E-state index in [0.717, 1.165) is 30.2 Å². The molecular weight excluding hydrogens is 298 g/mol. The molecule has 1 heterocycles. The summed E-state index contributed by atoms with van der Waals surface area (Å²) in [6.45, 7) is 5.17. The second-order valence-corrected chi connectivity index (χ2v) is 7.50. The largest absolute Gasteiger partial charge is 0.354 e. The number of nitrogens with one attached hydrogen (secondary N) is 1. The van der Waals surface area contributed by atoms with Gasteiger partial charge in [-0.2, -0.15) is 15.0 Å². The number of benzene rings is 1. The molecule has 5 heteroatoms. The second kappa shape index (κ2) is 5.72. The maximum absolute atomic E-state index is 4.59. The zero-order valence-corrected chi connectivity index (χ0v) is 14.8. The number of hydrogen-bond acceptors (Lipinski definition) is 5. The van der Waals surface area contributed by atoms with Crippen molar-refractivity contribution >= 4 is 11.9 Å². The van der Waals surface area contributed by atoms with Gasteiger partial charge in [0, 0.05) is 26.6 Å². The molecule has 0 radical (unpaired) electrons. The Morgan fingerprint density at radius 2 is 1.96 bits per heavy atom. The lowest BCUT2D eigenvalue weighted by molar-refractivity contribution is 0.708. The molecule has 0 saturated heterocycles. The summed E-state index contributed by atoms with van der Waals surface area (Å²) < 4.78 is 0. The summed E-state index contributed by atoms with van der Waals surface area (Å²) in [6.07, 6.45) is 1.23. The van der Waals surface area contributed by atoms with E-state index in [0.29, 0.717) is 17.8 Å². The molecule has 1 saturated carbocycles. The Kier molecular flexibility index (Phi) is 3.66. The van der Waals surface area contributed by atoms with Gasteiger partial charge in [-0.1, -0.05) is 38.1 Å². The number of hydrogen-bond donors (Lipinski definition) is 1. The van der Waals surface area contributed by atoms with Crippen LogP contribution in [-0.2, 0) is 6.42 Å². The summed E-state index contributed by atoms with van der Waals surface area (Å²) in [5, 5.41) is 3.47. The molecule has 1 aromatic carbocycles. The average molecular weight is 323 g/mol. The molecule has 3 unspecified atom stereocenters. The van der Waals surface area contributed by atoms with Gasteiger partial charge < -0.3 is 10.2 Å². The van der Waals surface area contributed by atoms with Crippen LogP contribution < -0.4 is 10.2 Å². The van der Waals surface area contributed by atoms with E-state index >= 15 is 0 Å². The highest BCUT2D eigenvalue weighted by Gasteiger charge is 2.54. The van der Waals surface area contributed by atoms with Crippen LogP contribution in [0, 0.1) is 11.8 Å². The summed E-state index contributed by atoms with van der Waals surface area (Å²) in [5.74, 6) is 4.80. The van der Waals surface area contributed by atoms with Gasteiger partial charge in [-0.25, -0.2) is 0 Å². The quantitative estimate of drug-likeness (QED) is 0.916. The molecule has 2 aromatic rings. The van der Waals surface area contributed by atoms with E-state index in [2.05, 4.69) is 58.4 Å². The minimum absolute atomic E-state index is 0.291. The van der Waals surface area contributed by atoms with E-state index in [-0.39, 0.29) is 0 Å². The van der Waals surface area contributed by atoms with Gasteiger partial charge in [0.25, 0.3) is 0 Å². The average Bonchev–Trinajstić information content (AvgIpc) is 3.11. The Morgan fingerprint density at radius 3 is 2.71 bits per heavy atom. The minimum atomic E-state index is 0.291. The van der Waals surface area contributed by atoms with Crippen LogP contribution in [0.3, 0.4) is 0 Å². The van der Waals surface area contributed by atoms with E-state index in [9.17, 15) is 0 Å². The number of nitrogens with zero attached hydrogens (tertiary/aromatic N) is 4. The maximum Gasteiger partial charge on any atom is 0.229 e. The fourth-order valence-electron chi connectivity index (χ4n) is 3.89. The van der Waals surface area contributed by atoms with E-state index in [4.69, 9.17) is 0 Å². The van der Waals surface area contributed by atoms with E-state index in [1.807, 2.05) is 19.0 Å². The molecule has 4 rings (SSSR count). The highest BCUT2D eigenvalue weighted by Crippen LogP contribution is 2.61. The van der Waals surface area contributed by atoms with Crippen molar-refractivity contribution in [3.05, 3.63) is 41.2 Å². The highest BCUT2D eigenvalue weighted by atomic mass is 15.3. The van der Waals surface area contributed by atoms with Crippen LogP contribution in [0.4, 0.5) is 11.9 Å². The molecule has 3 atom stereocenters. The summed E-state index contributed by atoms with van der Waals surface area (Å²) >= 11 is 0. The summed E-state index contributed by atoms with van der Waals surface area (Å²) in [5.41, 5.74) is 3.10. The van der Waals surface area contributed by atoms with Crippen molar-refractivity contribution in [1.29, 1.82) is 0 Å². The molecule has 0 bridgehead atoms. The van der Waals surface area contributed by atoms with Crippen LogP contribution in [0.5, 0.6) is 0 Å². The molecule has 2 aliphatic rings. The lowest BCUT2D eigenvalue weighted by Crippen LogP contribution is -2.18. The van der Waals surface area contributed by atoms with Crippen molar-refractivity contribution in [2.75, 3.05) is 30.9 Å². The Labute approximate surface area is 143 Å². The Balaban J connectivity index is 1.46. The zero-order valence-electron chi connectivity index (χ0n) is 14.8. The second-order valence-electron chi connectivity index (χ2n) is 7.50. The maximum atomic E-state index is 4.59. The van der Waals surface area contributed by atoms with Gasteiger partial charge in [0.15, 0.2) is 0 Å². The zero-order chi connectivity index (χ0) is 16.8. The van der Waals surface area contributed by atoms with Crippen molar-refractivity contribution in [2.45, 2.75) is 32.1 Å². The first-order chi connectivity index (χ1) is 11.5. The minimum Gasteiger partial charge on any atom is -0.354 e. The van der Waals surface area contributed by atoms with Crippen LogP contribution in [0.2, 0.25) is 0 Å². The molecule has 0 spiro atoms. The predicted octanol–water partition coefficient (Wildman–Crippen LogP) is 3.06. The fourth-order valence-corrected chi connectivity index (χ4v) is 3.89. The van der Waals surface area contributed by atoms with Gasteiger partial charge in [-0.3, -0.25) is 0 Å². The first-order valence-electron chi connectivity index (χ1n) is 8.79. The van der Waals surface area contributed by atoms with Crippen LogP contribution in [0.15, 0.2) is 24.3 Å². The lowest BCUT2D eigenvalue weighted by Gasteiger charge is -2.15. The standard InChI is InChI=1S/C19H25N5/c1-11(2)17-21-18(23-19(22-17)24(3)4)20-10-15-14-9-12-7-5-6-8-13(12)16(14)15/h5-8,11,14-16H,9-10H2,1-4H3,(H,20,21,22,23). The van der Waals surface area contributed by atoms with Gasteiger partial charge >= 0.3 is 0 Å². The summed E-state index contributed by atoms with van der Waals surface area (Å²) in [7, 11) is 3.93. The lowest BCUT2D eigenvalue weighted by atomic mass is 10.0. The Morgan fingerprint density at radius 1 is 1.17 bits per heavy atom. The van der Waals surface area contributed by atoms with Gasteiger partial charge in [0.1, 0.15) is 5.82 Å². The molecule has 126 valence electrons. The van der Waals surface area contributed by atoms with E-state index in [1.165, 1.54) is 6.42 Å². The van der Waals surface area contributed by atoms with Crippen LogP contribution in [0.1, 0.15) is 42.6 Å². The SMILES string of the molecule is CC(C)c1nc(NCC2C3Cc4ccccc4C23)nc(N(C)C)n1. The van der Waals surface area contributed by atoms with Gasteiger partial charge in [-0.05, 0) is 35.3 Å². The van der Waals surface area contributed by atoms with E-state index in [1.54, 1.807) is 11.1 Å². The van der Waals surface area contributed by atoms with Gasteiger partial charge in [0.2, 0.25) is 11.9 Å². The van der Waals surface area contributed by atoms with Crippen molar-refractivity contribution < 1.29 is 0 Å². The molecule has 2 aliphatic carbocycles. The monoisotopic (exact) mass is 323 g/mol. The number of anilines is 2. The summed E-state index contributed by atoms with van der Waals surface area (Å²) in [4.78, 5) is 15.6. The van der Waals surface area contributed by atoms with Crippen LogP contribution in [-0.4, -0.2) is 35.6 Å². The van der Waals surface area contributed by atoms with Gasteiger partial charge in [-0.15, -0.1) is 0 Å². The highest BCUT2D eigenvalue weighted by molar-refractivity contribution is 5.44. The summed E-state index contributed by atoms with van der Waals surface area (Å²) in [6, 6.07) is 8.88. The molecule has 0 amide bonds. The fraction of sp³-hybridized carbons (Fsp3) is 0.526. The first kappa shape index (κ1) is 15.4. The molecular formula is C19H25N5. The van der Waals surface area contributed by atoms with Crippen molar-refractivity contribution in [3.63, 3.8) is 0 Å². The molecule has 0 aliphatic heterocycles. The van der Waals surface area contributed by atoms with Crippen molar-refractivity contribution in [3.8, 4) is 0 Å². The van der Waals surface area contributed by atoms with E-state index < -0.39 is 0 Å². The van der Waals surface area contributed by atoms with Crippen molar-refractivity contribution in [2.24, 2.45) is 11.8 Å². The number of aromatic nitrogens is 3. The van der Waals surface area contributed by atoms with Crippen molar-refractivity contribution in [1.82, 2.24) is 15.0 Å². The normalized spacial score (nSPS) is 23.8. The van der Waals surface area contributed by atoms with Crippen LogP contribution >= 0.6 is 0 Å². The predicted molar refractivity (Wildman–Crippen MR) is 96.6 cm³/mol. The molecule has 24 heavy (non-hydrogen) atoms. The molecule has 1 aromatic heterocycles. The van der Waals surface area contributed by atoms with Crippen LogP contribution in [0.25, 0.3) is 0 Å². The first-order valence-corrected chi connectivity index (χ1v) is 8.79. The number of fused-ring (bicyclic) bond motifs is 3. The Hall–Kier alpha value is -2.17. The Bertz CT molecular complexity index is 729. The topological polar surface area (TPSA) is 53.9 Å². The third kappa shape index (κ3) is 2.62. The molecule has 1 fully saturated rings. The molecule has 1 N–H and O–H groups in total. The third-order valence-electron chi connectivity index (χ3n) is 5.25. The number of rotatable bonds is 5. The smallest absolute Gasteiger partial charge is 0.229 e. The third-order valence-corrected chi connectivity index (χ3v) is 5.25.